The molecule has 0 amide bonds. The van der Waals surface area contributed by atoms with Crippen LogP contribution in [-0.4, -0.2) is 24.7 Å². The Morgan fingerprint density at radius 2 is 2.21 bits per heavy atom. The Kier molecular flexibility index (Phi) is 5.53. The highest BCUT2D eigenvalue weighted by molar-refractivity contribution is 5.53. The van der Waals surface area contributed by atoms with Crippen LogP contribution in [0.3, 0.4) is 0 Å². The molecule has 14 heavy (non-hydrogen) atoms. The predicted octanol–water partition coefficient (Wildman–Crippen LogP) is 2.40. The number of hydrogen-bond acceptors (Lipinski definition) is 2. The number of nitrogens with two attached hydrogens (primary N) is 1. The molecule has 0 saturated heterocycles. The van der Waals surface area contributed by atoms with Gasteiger partial charge in [0.2, 0.25) is 0 Å². The zero-order valence-electron chi connectivity index (χ0n) is 8.76. The van der Waals surface area contributed by atoms with Crippen LogP contribution in [0.5, 0.6) is 0 Å². The molecule has 0 aliphatic heterocycles. The third-order valence-electron chi connectivity index (χ3n) is 2.24. The average Bonchev–Trinajstić information content (AvgIpc) is 2.11. The van der Waals surface area contributed by atoms with Crippen molar-refractivity contribution in [3.05, 3.63) is 12.2 Å². The van der Waals surface area contributed by atoms with Gasteiger partial charge in [-0.1, -0.05) is 12.2 Å². The third kappa shape index (κ3) is 3.54. The van der Waals surface area contributed by atoms with Gasteiger partial charge in [-0.05, 0) is 32.9 Å². The summed E-state index contributed by atoms with van der Waals surface area (Å²) in [5.41, 5.74) is 4.34. The number of aliphatic imine (C=N–C) groups is 1. The van der Waals surface area contributed by atoms with E-state index in [-0.39, 0.29) is 6.42 Å². The van der Waals surface area contributed by atoms with Gasteiger partial charge in [0.15, 0.2) is 0 Å². The number of nitrogens with zero attached hydrogens (tertiary/aromatic N) is 1. The van der Waals surface area contributed by atoms with E-state index in [1.165, 1.54) is 6.92 Å². The van der Waals surface area contributed by atoms with Crippen molar-refractivity contribution in [1.29, 1.82) is 0 Å². The highest BCUT2D eigenvalue weighted by atomic mass is 19.3. The molecular weight excluding hydrogens is 186 g/mol. The van der Waals surface area contributed by atoms with E-state index in [1.54, 1.807) is 13.1 Å². The van der Waals surface area contributed by atoms with Crippen LogP contribution >= 0.6 is 0 Å². The SMILES string of the molecule is C=C(C)C(N)(CCCN=CC)C(F)F. The van der Waals surface area contributed by atoms with Crippen LogP contribution in [0.4, 0.5) is 8.78 Å². The fourth-order valence-corrected chi connectivity index (χ4v) is 1.10. The van der Waals surface area contributed by atoms with E-state index < -0.39 is 12.0 Å². The smallest absolute Gasteiger partial charge is 0.260 e. The first-order valence-electron chi connectivity index (χ1n) is 4.62. The predicted molar refractivity (Wildman–Crippen MR) is 56.0 cm³/mol. The first-order chi connectivity index (χ1) is 6.45. The molecule has 0 saturated carbocycles. The molecule has 0 aromatic heterocycles. The second kappa shape index (κ2) is 5.86. The minimum Gasteiger partial charge on any atom is -0.317 e. The Labute approximate surface area is 83.9 Å². The molecule has 4 heteroatoms. The normalized spacial score (nSPS) is 16.1. The number of hydrogen-bond donors (Lipinski definition) is 1. The standard InChI is InChI=1S/C10H18F2N2/c1-4-14-7-5-6-10(13,8(2)3)9(11)12/h4,9H,2,5-7,13H2,1,3H3. The van der Waals surface area contributed by atoms with Crippen LogP contribution in [0.25, 0.3) is 0 Å². The second-order valence-electron chi connectivity index (χ2n) is 3.39. The van der Waals surface area contributed by atoms with E-state index in [0.29, 0.717) is 18.5 Å². The fourth-order valence-electron chi connectivity index (χ4n) is 1.10. The van der Waals surface area contributed by atoms with Crippen LogP contribution in [-0.2, 0) is 0 Å². The maximum absolute atomic E-state index is 12.6. The summed E-state index contributed by atoms with van der Waals surface area (Å²) in [5.74, 6) is 0. The van der Waals surface area contributed by atoms with E-state index in [9.17, 15) is 8.78 Å². The van der Waals surface area contributed by atoms with Gasteiger partial charge in [-0.3, -0.25) is 4.99 Å². The summed E-state index contributed by atoms with van der Waals surface area (Å²) >= 11 is 0. The Balaban J connectivity index is 4.18. The molecule has 1 atom stereocenters. The quantitative estimate of drug-likeness (QED) is 0.402. The Bertz CT molecular complexity index is 214. The molecule has 0 radical (unpaired) electrons. The van der Waals surface area contributed by atoms with Gasteiger partial charge in [0.25, 0.3) is 6.43 Å². The first-order valence-corrected chi connectivity index (χ1v) is 4.62. The van der Waals surface area contributed by atoms with Crippen LogP contribution in [0.1, 0.15) is 26.7 Å². The molecule has 0 rings (SSSR count). The molecule has 0 aromatic rings. The maximum atomic E-state index is 12.6. The van der Waals surface area contributed by atoms with Gasteiger partial charge in [-0.15, -0.1) is 0 Å². The third-order valence-corrected chi connectivity index (χ3v) is 2.24. The van der Waals surface area contributed by atoms with Crippen LogP contribution in [0, 0.1) is 0 Å². The molecular formula is C10H18F2N2. The van der Waals surface area contributed by atoms with Gasteiger partial charge in [-0.25, -0.2) is 8.78 Å². The zero-order valence-corrected chi connectivity index (χ0v) is 8.76. The fraction of sp³-hybridized carbons (Fsp3) is 0.700. The van der Waals surface area contributed by atoms with E-state index >= 15 is 0 Å². The summed E-state index contributed by atoms with van der Waals surface area (Å²) in [5, 5.41) is 0. The van der Waals surface area contributed by atoms with Gasteiger partial charge in [-0.2, -0.15) is 0 Å². The van der Waals surface area contributed by atoms with E-state index in [4.69, 9.17) is 5.73 Å². The molecule has 0 aliphatic rings. The Hall–Kier alpha value is -0.770. The second-order valence-corrected chi connectivity index (χ2v) is 3.39. The minimum absolute atomic E-state index is 0.220. The molecule has 0 spiro atoms. The highest BCUT2D eigenvalue weighted by Crippen LogP contribution is 2.25. The molecule has 0 aliphatic carbocycles. The van der Waals surface area contributed by atoms with Crippen LogP contribution in [0.2, 0.25) is 0 Å². The molecule has 0 heterocycles. The molecule has 1 unspecified atom stereocenters. The lowest BCUT2D eigenvalue weighted by Gasteiger charge is -2.28. The van der Waals surface area contributed by atoms with Gasteiger partial charge < -0.3 is 5.73 Å². The highest BCUT2D eigenvalue weighted by Gasteiger charge is 2.35. The maximum Gasteiger partial charge on any atom is 0.260 e. The molecule has 0 aromatic carbocycles. The van der Waals surface area contributed by atoms with Gasteiger partial charge >= 0.3 is 0 Å². The van der Waals surface area contributed by atoms with Gasteiger partial charge in [0.05, 0.1) is 5.54 Å². The van der Waals surface area contributed by atoms with Crippen molar-refractivity contribution < 1.29 is 8.78 Å². The summed E-state index contributed by atoms with van der Waals surface area (Å²) in [6, 6.07) is 0. The van der Waals surface area contributed by atoms with Crippen molar-refractivity contribution >= 4 is 6.21 Å². The molecule has 0 bridgehead atoms. The topological polar surface area (TPSA) is 38.4 Å². The van der Waals surface area contributed by atoms with E-state index in [2.05, 4.69) is 11.6 Å². The lowest BCUT2D eigenvalue weighted by molar-refractivity contribution is 0.0680. The molecule has 82 valence electrons. The summed E-state index contributed by atoms with van der Waals surface area (Å²) in [7, 11) is 0. The summed E-state index contributed by atoms with van der Waals surface area (Å²) < 4.78 is 25.2. The Morgan fingerprint density at radius 3 is 2.57 bits per heavy atom. The van der Waals surface area contributed by atoms with Crippen molar-refractivity contribution in [3.63, 3.8) is 0 Å². The molecule has 2 nitrogen and oxygen atoms in total. The zero-order chi connectivity index (χ0) is 11.2. The van der Waals surface area contributed by atoms with Crippen LogP contribution < -0.4 is 5.73 Å². The first kappa shape index (κ1) is 13.2. The Morgan fingerprint density at radius 1 is 1.64 bits per heavy atom. The lowest BCUT2D eigenvalue weighted by atomic mass is 9.88. The molecule has 2 N–H and O–H groups in total. The van der Waals surface area contributed by atoms with Crippen molar-refractivity contribution in [2.24, 2.45) is 10.7 Å². The summed E-state index contributed by atoms with van der Waals surface area (Å²) in [6.45, 7) is 7.37. The minimum atomic E-state index is -2.56. The van der Waals surface area contributed by atoms with E-state index in [0.717, 1.165) is 0 Å². The van der Waals surface area contributed by atoms with Gasteiger partial charge in [0.1, 0.15) is 0 Å². The summed E-state index contributed by atoms with van der Waals surface area (Å²) in [6.07, 6.45) is -0.137. The lowest BCUT2D eigenvalue weighted by Crippen LogP contribution is -2.48. The van der Waals surface area contributed by atoms with Crippen molar-refractivity contribution in [2.75, 3.05) is 6.54 Å². The van der Waals surface area contributed by atoms with Crippen molar-refractivity contribution in [3.8, 4) is 0 Å². The number of halogens is 2. The average molecular weight is 204 g/mol. The number of rotatable bonds is 6. The van der Waals surface area contributed by atoms with Crippen LogP contribution in [0.15, 0.2) is 17.1 Å². The monoisotopic (exact) mass is 204 g/mol. The summed E-state index contributed by atoms with van der Waals surface area (Å²) in [4.78, 5) is 3.94. The van der Waals surface area contributed by atoms with Crippen molar-refractivity contribution in [2.45, 2.75) is 38.7 Å². The number of alkyl halides is 2. The largest absolute Gasteiger partial charge is 0.317 e. The van der Waals surface area contributed by atoms with Gasteiger partial charge in [0, 0.05) is 6.54 Å². The van der Waals surface area contributed by atoms with Crippen molar-refractivity contribution in [1.82, 2.24) is 0 Å². The van der Waals surface area contributed by atoms with E-state index in [1.807, 2.05) is 0 Å². The molecule has 0 fully saturated rings.